The average Bonchev–Trinajstić information content (AvgIpc) is 3.32. The van der Waals surface area contributed by atoms with Crippen LogP contribution in [0.2, 0.25) is 10.0 Å². The zero-order chi connectivity index (χ0) is 17.7. The van der Waals surface area contributed by atoms with Crippen LogP contribution in [0.15, 0.2) is 18.2 Å². The zero-order valence-corrected chi connectivity index (χ0v) is 14.7. The van der Waals surface area contributed by atoms with Crippen LogP contribution in [0.5, 0.6) is 0 Å². The van der Waals surface area contributed by atoms with Gasteiger partial charge in [0, 0.05) is 28.7 Å². The minimum atomic E-state index is -0.616. The van der Waals surface area contributed by atoms with Crippen molar-refractivity contribution < 1.29 is 19.1 Å². The summed E-state index contributed by atoms with van der Waals surface area (Å²) in [6.07, 6.45) is 1.83. The summed E-state index contributed by atoms with van der Waals surface area (Å²) >= 11 is 12.0. The lowest BCUT2D eigenvalue weighted by Gasteiger charge is -2.16. The van der Waals surface area contributed by atoms with E-state index in [-0.39, 0.29) is 24.9 Å². The Morgan fingerprint density at radius 3 is 2.46 bits per heavy atom. The topological polar surface area (TPSA) is 75.7 Å². The molecule has 8 heteroatoms. The number of carbonyl (C=O) groups is 3. The number of hydrogen-bond donors (Lipinski definition) is 1. The van der Waals surface area contributed by atoms with Gasteiger partial charge in [0.05, 0.1) is 13.0 Å². The number of rotatable bonds is 7. The summed E-state index contributed by atoms with van der Waals surface area (Å²) in [5.41, 5.74) is 0.454. The largest absolute Gasteiger partial charge is 0.455 e. The Hall–Kier alpha value is -1.79. The van der Waals surface area contributed by atoms with Crippen molar-refractivity contribution in [2.75, 3.05) is 20.2 Å². The van der Waals surface area contributed by atoms with E-state index >= 15 is 0 Å². The molecule has 6 nitrogen and oxygen atoms in total. The first kappa shape index (κ1) is 18.5. The molecule has 0 aliphatic heterocycles. The van der Waals surface area contributed by atoms with Crippen LogP contribution in [0, 0.1) is 0 Å². The molecule has 130 valence electrons. The van der Waals surface area contributed by atoms with Crippen LogP contribution < -0.4 is 5.32 Å². The number of likely N-dealkylation sites (N-methyl/N-ethyl adjacent to an activating group) is 1. The molecule has 2 amide bonds. The molecule has 1 fully saturated rings. The molecule has 1 aromatic rings. The van der Waals surface area contributed by atoms with Crippen molar-refractivity contribution in [1.29, 1.82) is 0 Å². The third kappa shape index (κ3) is 5.69. The molecule has 1 aromatic carbocycles. The Balaban J connectivity index is 1.75. The third-order valence-electron chi connectivity index (χ3n) is 3.49. The van der Waals surface area contributed by atoms with E-state index in [1.807, 2.05) is 0 Å². The first-order chi connectivity index (χ1) is 11.4. The van der Waals surface area contributed by atoms with E-state index < -0.39 is 18.5 Å². The SMILES string of the molecule is CN(CC(=O)NC1CC1)C(=O)COC(=O)Cc1c(Cl)cccc1Cl. The molecular weight excluding hydrogens is 355 g/mol. The molecule has 2 rings (SSSR count). The summed E-state index contributed by atoms with van der Waals surface area (Å²) in [5.74, 6) is -1.30. The maximum absolute atomic E-state index is 11.9. The molecule has 0 saturated heterocycles. The first-order valence-electron chi connectivity index (χ1n) is 7.48. The quantitative estimate of drug-likeness (QED) is 0.740. The molecule has 0 spiro atoms. The Labute approximate surface area is 150 Å². The normalized spacial score (nSPS) is 13.3. The number of amides is 2. The fourth-order valence-corrected chi connectivity index (χ4v) is 2.48. The second-order valence-corrected chi connectivity index (χ2v) is 6.44. The molecule has 0 bridgehead atoms. The molecule has 1 N–H and O–H groups in total. The Kier molecular flexibility index (Phi) is 6.45. The Morgan fingerprint density at radius 1 is 1.25 bits per heavy atom. The van der Waals surface area contributed by atoms with Crippen LogP contribution in [0.3, 0.4) is 0 Å². The molecule has 0 atom stereocenters. The van der Waals surface area contributed by atoms with Crippen molar-refractivity contribution in [3.05, 3.63) is 33.8 Å². The van der Waals surface area contributed by atoms with E-state index in [2.05, 4.69) is 5.32 Å². The predicted molar refractivity (Wildman–Crippen MR) is 89.9 cm³/mol. The molecule has 1 aliphatic carbocycles. The molecule has 24 heavy (non-hydrogen) atoms. The summed E-state index contributed by atoms with van der Waals surface area (Å²) in [4.78, 5) is 36.6. The van der Waals surface area contributed by atoms with E-state index in [9.17, 15) is 14.4 Å². The number of carbonyl (C=O) groups excluding carboxylic acids is 3. The minimum Gasteiger partial charge on any atom is -0.455 e. The number of ether oxygens (including phenoxy) is 1. The van der Waals surface area contributed by atoms with Crippen molar-refractivity contribution in [3.63, 3.8) is 0 Å². The van der Waals surface area contributed by atoms with Crippen LogP contribution in [0.4, 0.5) is 0 Å². The summed E-state index contributed by atoms with van der Waals surface area (Å²) < 4.78 is 4.93. The van der Waals surface area contributed by atoms with Crippen LogP contribution >= 0.6 is 23.2 Å². The highest BCUT2D eigenvalue weighted by Crippen LogP contribution is 2.24. The number of halogens is 2. The van der Waals surface area contributed by atoms with Crippen LogP contribution in [0.1, 0.15) is 18.4 Å². The molecule has 0 heterocycles. The number of nitrogens with zero attached hydrogens (tertiary/aromatic N) is 1. The van der Waals surface area contributed by atoms with Gasteiger partial charge < -0.3 is 15.0 Å². The lowest BCUT2D eigenvalue weighted by molar-refractivity contribution is -0.151. The zero-order valence-electron chi connectivity index (χ0n) is 13.2. The highest BCUT2D eigenvalue weighted by molar-refractivity contribution is 6.36. The van der Waals surface area contributed by atoms with Crippen LogP contribution in [0.25, 0.3) is 0 Å². The van der Waals surface area contributed by atoms with E-state index in [4.69, 9.17) is 27.9 Å². The standard InChI is InChI=1S/C16H18Cl2N2O4/c1-20(8-14(21)19-10-5-6-10)15(22)9-24-16(23)7-11-12(17)3-2-4-13(11)18/h2-4,10H,5-9H2,1H3,(H,19,21). The Bertz CT molecular complexity index is 627. The van der Waals surface area contributed by atoms with Gasteiger partial charge in [0.2, 0.25) is 5.91 Å². The maximum atomic E-state index is 11.9. The van der Waals surface area contributed by atoms with Gasteiger partial charge in [-0.05, 0) is 25.0 Å². The Morgan fingerprint density at radius 2 is 1.88 bits per heavy atom. The predicted octanol–water partition coefficient (Wildman–Crippen LogP) is 1.82. The fourth-order valence-electron chi connectivity index (χ4n) is 1.95. The molecule has 0 aromatic heterocycles. The number of hydrogen-bond acceptors (Lipinski definition) is 4. The molecule has 0 radical (unpaired) electrons. The van der Waals surface area contributed by atoms with Gasteiger partial charge >= 0.3 is 5.97 Å². The first-order valence-corrected chi connectivity index (χ1v) is 8.24. The van der Waals surface area contributed by atoms with Crippen molar-refractivity contribution in [3.8, 4) is 0 Å². The number of esters is 1. The van der Waals surface area contributed by atoms with E-state index in [0.29, 0.717) is 15.6 Å². The summed E-state index contributed by atoms with van der Waals surface area (Å²) in [7, 11) is 1.48. The lowest BCUT2D eigenvalue weighted by Crippen LogP contribution is -2.40. The highest BCUT2D eigenvalue weighted by Gasteiger charge is 2.24. The van der Waals surface area contributed by atoms with Gasteiger partial charge in [-0.15, -0.1) is 0 Å². The maximum Gasteiger partial charge on any atom is 0.310 e. The monoisotopic (exact) mass is 372 g/mol. The van der Waals surface area contributed by atoms with Crippen LogP contribution in [-0.2, 0) is 25.5 Å². The number of nitrogens with one attached hydrogen (secondary N) is 1. The van der Waals surface area contributed by atoms with Gasteiger partial charge in [-0.1, -0.05) is 29.3 Å². The van der Waals surface area contributed by atoms with Gasteiger partial charge in [0.1, 0.15) is 0 Å². The van der Waals surface area contributed by atoms with E-state index in [1.165, 1.54) is 11.9 Å². The molecular formula is C16H18Cl2N2O4. The smallest absolute Gasteiger partial charge is 0.310 e. The second kappa shape index (κ2) is 8.35. The molecule has 1 saturated carbocycles. The number of benzene rings is 1. The summed E-state index contributed by atoms with van der Waals surface area (Å²) in [6, 6.07) is 5.14. The molecule has 1 aliphatic rings. The van der Waals surface area contributed by atoms with E-state index in [0.717, 1.165) is 12.8 Å². The van der Waals surface area contributed by atoms with Gasteiger partial charge in [-0.25, -0.2) is 0 Å². The fraction of sp³-hybridized carbons (Fsp3) is 0.438. The van der Waals surface area contributed by atoms with Crippen molar-refractivity contribution in [1.82, 2.24) is 10.2 Å². The average molecular weight is 373 g/mol. The van der Waals surface area contributed by atoms with Gasteiger partial charge in [0.25, 0.3) is 5.91 Å². The second-order valence-electron chi connectivity index (χ2n) is 5.63. The van der Waals surface area contributed by atoms with Gasteiger partial charge in [0.15, 0.2) is 6.61 Å². The van der Waals surface area contributed by atoms with Gasteiger partial charge in [-0.2, -0.15) is 0 Å². The van der Waals surface area contributed by atoms with Gasteiger partial charge in [-0.3, -0.25) is 14.4 Å². The third-order valence-corrected chi connectivity index (χ3v) is 4.20. The lowest BCUT2D eigenvalue weighted by atomic mass is 10.1. The highest BCUT2D eigenvalue weighted by atomic mass is 35.5. The van der Waals surface area contributed by atoms with E-state index in [1.54, 1.807) is 18.2 Å². The van der Waals surface area contributed by atoms with Crippen LogP contribution in [-0.4, -0.2) is 48.9 Å². The minimum absolute atomic E-state index is 0.0662. The summed E-state index contributed by atoms with van der Waals surface area (Å²) in [5, 5.41) is 3.50. The van der Waals surface area contributed by atoms with Crippen molar-refractivity contribution in [2.24, 2.45) is 0 Å². The molecule has 0 unspecified atom stereocenters. The van der Waals surface area contributed by atoms with Crippen molar-refractivity contribution in [2.45, 2.75) is 25.3 Å². The summed E-state index contributed by atoms with van der Waals surface area (Å²) in [6.45, 7) is -0.503. The van der Waals surface area contributed by atoms with Crippen molar-refractivity contribution >= 4 is 41.0 Å².